The van der Waals surface area contributed by atoms with Crippen LogP contribution in [0.2, 0.25) is 0 Å². The van der Waals surface area contributed by atoms with Crippen LogP contribution in [0, 0.1) is 0 Å². The molecule has 1 saturated carbocycles. The molecule has 0 bridgehead atoms. The van der Waals surface area contributed by atoms with Crippen molar-refractivity contribution in [2.24, 2.45) is 0 Å². The Hall–Kier alpha value is -2.97. The normalized spacial score (nSPS) is 18.2. The fourth-order valence-electron chi connectivity index (χ4n) is 4.78. The highest BCUT2D eigenvalue weighted by Crippen LogP contribution is 2.23. The quantitative estimate of drug-likeness (QED) is 0.288. The van der Waals surface area contributed by atoms with E-state index in [2.05, 4.69) is 5.32 Å². The molecule has 1 amide bonds. The molecule has 1 aliphatic heterocycles. The van der Waals surface area contributed by atoms with Crippen LogP contribution in [0.1, 0.15) is 59.2 Å². The van der Waals surface area contributed by atoms with Crippen molar-refractivity contribution in [3.8, 4) is 0 Å². The van der Waals surface area contributed by atoms with Crippen LogP contribution in [0.15, 0.2) is 58.5 Å². The van der Waals surface area contributed by atoms with Crippen LogP contribution in [-0.2, 0) is 11.3 Å². The Balaban J connectivity index is 1.45. The molecule has 8 heteroatoms. The molecule has 2 heterocycles. The highest BCUT2D eigenvalue weighted by atomic mass is 32.2. The summed E-state index contributed by atoms with van der Waals surface area (Å²) in [5, 5.41) is 4.02. The SMILES string of the molecule is O=C(CSc1nc2cc(C(=O)NC3CCCC3)ccc2c(=O)n1CC1CCCO1)c1ccccc1. The van der Waals surface area contributed by atoms with Crippen molar-refractivity contribution in [3.05, 3.63) is 70.0 Å². The van der Waals surface area contributed by atoms with Crippen molar-refractivity contribution in [1.82, 2.24) is 14.9 Å². The van der Waals surface area contributed by atoms with E-state index in [9.17, 15) is 14.4 Å². The van der Waals surface area contributed by atoms with E-state index < -0.39 is 0 Å². The Morgan fingerprint density at radius 2 is 1.83 bits per heavy atom. The summed E-state index contributed by atoms with van der Waals surface area (Å²) in [5.74, 6) is -0.00842. The van der Waals surface area contributed by atoms with Gasteiger partial charge in [-0.2, -0.15) is 0 Å². The van der Waals surface area contributed by atoms with Gasteiger partial charge in [0.15, 0.2) is 10.9 Å². The monoisotopic (exact) mass is 491 g/mol. The summed E-state index contributed by atoms with van der Waals surface area (Å²) in [6.45, 7) is 1.09. The van der Waals surface area contributed by atoms with E-state index in [0.717, 1.165) is 38.5 Å². The Bertz CT molecular complexity index is 1280. The van der Waals surface area contributed by atoms with Crippen LogP contribution in [0.4, 0.5) is 0 Å². The van der Waals surface area contributed by atoms with Crippen molar-refractivity contribution in [1.29, 1.82) is 0 Å². The van der Waals surface area contributed by atoms with E-state index in [4.69, 9.17) is 9.72 Å². The second-order valence-corrected chi connectivity index (χ2v) is 10.2. The van der Waals surface area contributed by atoms with Crippen molar-refractivity contribution in [2.45, 2.75) is 62.4 Å². The third-order valence-electron chi connectivity index (χ3n) is 6.71. The standard InChI is InChI=1S/C27H29N3O4S/c31-24(18-7-2-1-3-8-18)17-35-27-29-23-15-19(25(32)28-20-9-4-5-10-20)12-13-22(23)26(33)30(27)16-21-11-6-14-34-21/h1-3,7-8,12-13,15,20-21H,4-6,9-11,14,16-17H2,(H,28,32). The van der Waals surface area contributed by atoms with Gasteiger partial charge in [-0.25, -0.2) is 4.98 Å². The van der Waals surface area contributed by atoms with E-state index in [-0.39, 0.29) is 35.1 Å². The van der Waals surface area contributed by atoms with Gasteiger partial charge in [0.25, 0.3) is 11.5 Å². The van der Waals surface area contributed by atoms with E-state index >= 15 is 0 Å². The lowest BCUT2D eigenvalue weighted by Crippen LogP contribution is -2.32. The fourth-order valence-corrected chi connectivity index (χ4v) is 5.68. The molecule has 1 unspecified atom stereocenters. The van der Waals surface area contributed by atoms with Crippen LogP contribution in [0.25, 0.3) is 10.9 Å². The number of benzene rings is 2. The zero-order valence-corrected chi connectivity index (χ0v) is 20.4. The van der Waals surface area contributed by atoms with Gasteiger partial charge in [0, 0.05) is 23.8 Å². The molecule has 3 aromatic rings. The molecule has 35 heavy (non-hydrogen) atoms. The fraction of sp³-hybridized carbons (Fsp3) is 0.407. The number of fused-ring (bicyclic) bond motifs is 1. The summed E-state index contributed by atoms with van der Waals surface area (Å²) in [4.78, 5) is 43.7. The van der Waals surface area contributed by atoms with Crippen LogP contribution in [0.3, 0.4) is 0 Å². The highest BCUT2D eigenvalue weighted by molar-refractivity contribution is 7.99. The molecule has 2 aliphatic rings. The van der Waals surface area contributed by atoms with Gasteiger partial charge in [-0.05, 0) is 43.9 Å². The Morgan fingerprint density at radius 1 is 1.03 bits per heavy atom. The van der Waals surface area contributed by atoms with Crippen molar-refractivity contribution in [2.75, 3.05) is 12.4 Å². The molecule has 2 fully saturated rings. The number of hydrogen-bond acceptors (Lipinski definition) is 6. The minimum Gasteiger partial charge on any atom is -0.376 e. The molecular formula is C27H29N3O4S. The van der Waals surface area contributed by atoms with Gasteiger partial charge in [-0.15, -0.1) is 0 Å². The summed E-state index contributed by atoms with van der Waals surface area (Å²) < 4.78 is 7.40. The number of carbonyl (C=O) groups excluding carboxylic acids is 2. The number of nitrogens with one attached hydrogen (secondary N) is 1. The first-order chi connectivity index (χ1) is 17.1. The van der Waals surface area contributed by atoms with Gasteiger partial charge in [0.05, 0.1) is 29.3 Å². The zero-order chi connectivity index (χ0) is 24.2. The number of amides is 1. The average molecular weight is 492 g/mol. The number of hydrogen-bond donors (Lipinski definition) is 1. The number of aromatic nitrogens is 2. The lowest BCUT2D eigenvalue weighted by Gasteiger charge is -2.17. The third kappa shape index (κ3) is 5.49. The van der Waals surface area contributed by atoms with Crippen LogP contribution >= 0.6 is 11.8 Å². The topological polar surface area (TPSA) is 90.3 Å². The van der Waals surface area contributed by atoms with E-state index in [1.165, 1.54) is 11.8 Å². The molecule has 182 valence electrons. The minimum atomic E-state index is -0.178. The molecular weight excluding hydrogens is 462 g/mol. The Labute approximate surface area is 208 Å². The molecule has 7 nitrogen and oxygen atoms in total. The van der Waals surface area contributed by atoms with Crippen LogP contribution in [0.5, 0.6) is 0 Å². The number of thioether (sulfide) groups is 1. The second-order valence-electron chi connectivity index (χ2n) is 9.21. The largest absolute Gasteiger partial charge is 0.376 e. The van der Waals surface area contributed by atoms with Gasteiger partial charge < -0.3 is 10.1 Å². The van der Waals surface area contributed by atoms with Crippen molar-refractivity contribution in [3.63, 3.8) is 0 Å². The van der Waals surface area contributed by atoms with E-state index in [1.54, 1.807) is 34.9 Å². The number of carbonyl (C=O) groups is 2. The first kappa shape index (κ1) is 23.8. The molecule has 1 saturated heterocycles. The van der Waals surface area contributed by atoms with Crippen LogP contribution in [-0.4, -0.2) is 45.7 Å². The predicted octanol–water partition coefficient (Wildman–Crippen LogP) is 4.22. The van der Waals surface area contributed by atoms with Gasteiger partial charge in [0.1, 0.15) is 0 Å². The summed E-state index contributed by atoms with van der Waals surface area (Å²) in [7, 11) is 0. The van der Waals surface area contributed by atoms with Gasteiger partial charge >= 0.3 is 0 Å². The summed E-state index contributed by atoms with van der Waals surface area (Å²) in [6.07, 6.45) is 6.08. The van der Waals surface area contributed by atoms with Crippen molar-refractivity contribution < 1.29 is 14.3 Å². The molecule has 2 aromatic carbocycles. The molecule has 1 atom stereocenters. The summed E-state index contributed by atoms with van der Waals surface area (Å²) in [5.41, 5.74) is 1.40. The molecule has 1 N–H and O–H groups in total. The van der Waals surface area contributed by atoms with Gasteiger partial charge in [0.2, 0.25) is 0 Å². The van der Waals surface area contributed by atoms with E-state index in [0.29, 0.717) is 40.3 Å². The first-order valence-corrected chi connectivity index (χ1v) is 13.2. The molecule has 5 rings (SSSR count). The second kappa shape index (κ2) is 10.7. The maximum absolute atomic E-state index is 13.5. The highest BCUT2D eigenvalue weighted by Gasteiger charge is 2.22. The van der Waals surface area contributed by atoms with Crippen LogP contribution < -0.4 is 10.9 Å². The smallest absolute Gasteiger partial charge is 0.262 e. The lowest BCUT2D eigenvalue weighted by atomic mass is 10.1. The van der Waals surface area contributed by atoms with E-state index in [1.807, 2.05) is 18.2 Å². The molecule has 0 radical (unpaired) electrons. The number of ether oxygens (including phenoxy) is 1. The number of rotatable bonds is 8. The Kier molecular flexibility index (Phi) is 7.29. The molecule has 1 aromatic heterocycles. The van der Waals surface area contributed by atoms with Gasteiger partial charge in [-0.3, -0.25) is 19.0 Å². The number of ketones is 1. The lowest BCUT2D eigenvalue weighted by molar-refractivity contribution is 0.0935. The average Bonchev–Trinajstić information content (AvgIpc) is 3.59. The molecule has 1 aliphatic carbocycles. The summed E-state index contributed by atoms with van der Waals surface area (Å²) in [6, 6.07) is 14.4. The summed E-state index contributed by atoms with van der Waals surface area (Å²) >= 11 is 1.25. The number of nitrogens with zero attached hydrogens (tertiary/aromatic N) is 2. The Morgan fingerprint density at radius 3 is 2.57 bits per heavy atom. The number of Topliss-reactive ketones (excluding diaryl/α,β-unsaturated/α-hetero) is 1. The third-order valence-corrected chi connectivity index (χ3v) is 7.69. The maximum Gasteiger partial charge on any atom is 0.262 e. The maximum atomic E-state index is 13.5. The molecule has 0 spiro atoms. The predicted molar refractivity (Wildman–Crippen MR) is 136 cm³/mol. The minimum absolute atomic E-state index is 0.0293. The van der Waals surface area contributed by atoms with Gasteiger partial charge in [-0.1, -0.05) is 54.9 Å². The first-order valence-electron chi connectivity index (χ1n) is 12.3. The zero-order valence-electron chi connectivity index (χ0n) is 19.6. The van der Waals surface area contributed by atoms with Crippen molar-refractivity contribution >= 4 is 34.4 Å².